The van der Waals surface area contributed by atoms with Gasteiger partial charge in [-0.25, -0.2) is 0 Å². The normalized spacial score (nSPS) is 23.1. The van der Waals surface area contributed by atoms with Crippen molar-refractivity contribution in [2.45, 2.75) is 31.3 Å². The number of ketones is 1. The van der Waals surface area contributed by atoms with Gasteiger partial charge in [0.05, 0.1) is 0 Å². The van der Waals surface area contributed by atoms with Gasteiger partial charge in [0.2, 0.25) is 0 Å². The molecule has 1 saturated heterocycles. The molecule has 4 rings (SSSR count). The Bertz CT molecular complexity index is 690. The van der Waals surface area contributed by atoms with Gasteiger partial charge in [-0.3, -0.25) is 4.79 Å². The maximum Gasteiger partial charge on any atom is 0.165 e. The minimum atomic E-state index is -2.65. The molecule has 2 aromatic carbocycles. The van der Waals surface area contributed by atoms with Gasteiger partial charge in [-0.15, -0.1) is 0 Å². The summed E-state index contributed by atoms with van der Waals surface area (Å²) in [6.07, 6.45) is 2.96. The quantitative estimate of drug-likeness (QED) is 0.835. The molecule has 0 bridgehead atoms. The Labute approximate surface area is 149 Å². The largest absolute Gasteiger partial charge is 0.345 e. The van der Waals surface area contributed by atoms with E-state index in [1.165, 1.54) is 0 Å². The fourth-order valence-electron chi connectivity index (χ4n) is 4.10. The van der Waals surface area contributed by atoms with E-state index in [2.05, 4.69) is 33.6 Å². The summed E-state index contributed by atoms with van der Waals surface area (Å²) < 4.78 is 4.37. The number of carbonyl (C=O) groups is 1. The molecule has 1 N–H and O–H groups in total. The molecule has 131 valence electrons. The Morgan fingerprint density at radius 3 is 1.88 bits per heavy atom. The zero-order chi connectivity index (χ0) is 17.3. The second-order valence-corrected chi connectivity index (χ2v) is 9.75. The van der Waals surface area contributed by atoms with Gasteiger partial charge in [-0.1, -0.05) is 36.4 Å². The number of anilines is 2. The number of carbonyl (C=O) groups excluding carboxylic acids is 1. The standard InChI is InChI=1S/C20H24N2O2P/c23-19-12-7-13-20(16-19)25(24)21(17-8-3-1-4-9-17)14-15-22(25)18-10-5-2-6-11-18/h1-6,8-11,20,24H,7,12-16H2. The van der Waals surface area contributed by atoms with Crippen molar-refractivity contribution in [1.29, 1.82) is 0 Å². The van der Waals surface area contributed by atoms with E-state index in [9.17, 15) is 9.69 Å². The van der Waals surface area contributed by atoms with Crippen LogP contribution in [0.4, 0.5) is 11.4 Å². The highest BCUT2D eigenvalue weighted by Gasteiger charge is 2.51. The lowest BCUT2D eigenvalue weighted by atomic mass is 9.99. The summed E-state index contributed by atoms with van der Waals surface area (Å²) in [5, 5.41) is 0. The van der Waals surface area contributed by atoms with Crippen LogP contribution in [0.1, 0.15) is 25.7 Å². The average molecular weight is 355 g/mol. The first-order chi connectivity index (χ1) is 12.2. The Morgan fingerprint density at radius 1 is 0.880 bits per heavy atom. The molecule has 1 radical (unpaired) electrons. The Morgan fingerprint density at radius 2 is 1.40 bits per heavy atom. The summed E-state index contributed by atoms with van der Waals surface area (Å²) in [7, 11) is -2.65. The van der Waals surface area contributed by atoms with E-state index in [1.54, 1.807) is 0 Å². The van der Waals surface area contributed by atoms with Crippen LogP contribution in [0.15, 0.2) is 60.7 Å². The molecule has 2 fully saturated rings. The molecule has 1 heterocycles. The average Bonchev–Trinajstić information content (AvgIpc) is 3.02. The SMILES string of the molecule is O=C1CCCC([P]2(O)N(c3ccccc3)CCN2c2ccccc2)C1. The molecule has 25 heavy (non-hydrogen) atoms. The van der Waals surface area contributed by atoms with Gasteiger partial charge in [0.25, 0.3) is 0 Å². The smallest absolute Gasteiger partial charge is 0.165 e. The van der Waals surface area contributed by atoms with Crippen molar-refractivity contribution in [1.82, 2.24) is 0 Å². The number of hydrogen-bond donors (Lipinski definition) is 1. The van der Waals surface area contributed by atoms with E-state index in [0.717, 1.165) is 37.3 Å². The van der Waals surface area contributed by atoms with E-state index in [1.807, 2.05) is 36.4 Å². The third-order valence-corrected chi connectivity index (χ3v) is 8.99. The first-order valence-electron chi connectivity index (χ1n) is 8.99. The zero-order valence-electron chi connectivity index (χ0n) is 14.3. The van der Waals surface area contributed by atoms with E-state index < -0.39 is 7.79 Å². The molecule has 1 aliphatic heterocycles. The molecule has 0 aromatic heterocycles. The topological polar surface area (TPSA) is 43.8 Å². The van der Waals surface area contributed by atoms with Crippen molar-refractivity contribution in [3.63, 3.8) is 0 Å². The molecule has 1 atom stereocenters. The maximum absolute atomic E-state index is 12.1. The first-order valence-corrected chi connectivity index (χ1v) is 10.7. The molecule has 2 aliphatic rings. The number of rotatable bonds is 3. The third kappa shape index (κ3) is 2.94. The monoisotopic (exact) mass is 355 g/mol. The summed E-state index contributed by atoms with van der Waals surface area (Å²) in [5.41, 5.74) is 2.13. The number of nitrogens with zero attached hydrogens (tertiary/aromatic N) is 2. The van der Waals surface area contributed by atoms with Crippen LogP contribution in [0.2, 0.25) is 0 Å². The van der Waals surface area contributed by atoms with Crippen LogP contribution in [-0.4, -0.2) is 29.4 Å². The Balaban J connectivity index is 1.76. The highest BCUT2D eigenvalue weighted by atomic mass is 31.2. The van der Waals surface area contributed by atoms with Crippen molar-refractivity contribution < 1.29 is 9.69 Å². The van der Waals surface area contributed by atoms with Gasteiger partial charge in [0.15, 0.2) is 7.79 Å². The Hall–Kier alpha value is -1.90. The first kappa shape index (κ1) is 16.6. The molecule has 2 aromatic rings. The molecular formula is C20H24N2O2P. The second kappa shape index (κ2) is 6.78. The van der Waals surface area contributed by atoms with Gasteiger partial charge < -0.3 is 14.2 Å². The van der Waals surface area contributed by atoms with Crippen LogP contribution in [0.5, 0.6) is 0 Å². The lowest BCUT2D eigenvalue weighted by Gasteiger charge is -2.48. The number of Topliss-reactive ketones (excluding diaryl/α,β-unsaturated/α-hetero) is 1. The van der Waals surface area contributed by atoms with Gasteiger partial charge in [0, 0.05) is 43.0 Å². The van der Waals surface area contributed by atoms with E-state index >= 15 is 0 Å². The van der Waals surface area contributed by atoms with Gasteiger partial charge in [0.1, 0.15) is 5.78 Å². The van der Waals surface area contributed by atoms with Crippen LogP contribution in [0, 0.1) is 0 Å². The lowest BCUT2D eigenvalue weighted by molar-refractivity contribution is -0.120. The summed E-state index contributed by atoms with van der Waals surface area (Å²) in [6, 6.07) is 20.3. The summed E-state index contributed by atoms with van der Waals surface area (Å²) in [6.45, 7) is 1.57. The van der Waals surface area contributed by atoms with Gasteiger partial charge in [-0.2, -0.15) is 0 Å². The molecule has 1 aliphatic carbocycles. The molecule has 4 nitrogen and oxygen atoms in total. The summed E-state index contributed by atoms with van der Waals surface area (Å²) in [5.74, 6) is 0.289. The second-order valence-electron chi connectivity index (χ2n) is 6.82. The van der Waals surface area contributed by atoms with Gasteiger partial charge in [-0.05, 0) is 37.1 Å². The molecule has 1 unspecified atom stereocenters. The number of para-hydroxylation sites is 2. The fraction of sp³-hybridized carbons (Fsp3) is 0.350. The summed E-state index contributed by atoms with van der Waals surface area (Å²) in [4.78, 5) is 24.2. The summed E-state index contributed by atoms with van der Waals surface area (Å²) >= 11 is 0. The van der Waals surface area contributed by atoms with Crippen molar-refractivity contribution in [2.24, 2.45) is 0 Å². The van der Waals surface area contributed by atoms with Crippen LogP contribution in [-0.2, 0) is 4.79 Å². The molecule has 0 amide bonds. The Kier molecular flexibility index (Phi) is 4.49. The van der Waals surface area contributed by atoms with Crippen LogP contribution < -0.4 is 9.34 Å². The highest BCUT2D eigenvalue weighted by Crippen LogP contribution is 2.71. The molecule has 5 heteroatoms. The van der Waals surface area contributed by atoms with Gasteiger partial charge >= 0.3 is 0 Å². The highest BCUT2D eigenvalue weighted by molar-refractivity contribution is 7.74. The van der Waals surface area contributed by atoms with E-state index in [0.29, 0.717) is 12.8 Å². The van der Waals surface area contributed by atoms with Crippen LogP contribution in [0.3, 0.4) is 0 Å². The zero-order valence-corrected chi connectivity index (χ0v) is 15.2. The third-order valence-electron chi connectivity index (χ3n) is 5.29. The minimum absolute atomic E-state index is 0.0247. The van der Waals surface area contributed by atoms with E-state index in [4.69, 9.17) is 0 Å². The van der Waals surface area contributed by atoms with Crippen molar-refractivity contribution in [3.8, 4) is 0 Å². The number of benzene rings is 2. The predicted molar refractivity (Wildman–Crippen MR) is 104 cm³/mol. The van der Waals surface area contributed by atoms with Crippen molar-refractivity contribution in [3.05, 3.63) is 60.7 Å². The lowest BCUT2D eigenvalue weighted by Crippen LogP contribution is -2.36. The van der Waals surface area contributed by atoms with Crippen molar-refractivity contribution >= 4 is 24.9 Å². The predicted octanol–water partition coefficient (Wildman–Crippen LogP) is 4.28. The minimum Gasteiger partial charge on any atom is -0.345 e. The van der Waals surface area contributed by atoms with Crippen LogP contribution in [0.25, 0.3) is 0 Å². The maximum atomic E-state index is 12.1. The molecule has 0 spiro atoms. The van der Waals surface area contributed by atoms with E-state index in [-0.39, 0.29) is 11.4 Å². The van der Waals surface area contributed by atoms with Crippen molar-refractivity contribution in [2.75, 3.05) is 22.4 Å². The molecular weight excluding hydrogens is 331 g/mol. The number of hydrogen-bond acceptors (Lipinski definition) is 4. The molecule has 1 saturated carbocycles. The van der Waals surface area contributed by atoms with Crippen LogP contribution >= 0.6 is 7.79 Å². The fourth-order valence-corrected chi connectivity index (χ4v) is 7.84.